The fraction of sp³-hybridized carbons (Fsp3) is 0.150. The van der Waals surface area contributed by atoms with E-state index in [1.165, 1.54) is 11.9 Å². The minimum atomic E-state index is -0.227. The number of hydrogen-bond acceptors (Lipinski definition) is 4. The molecule has 0 atom stereocenters. The topological polar surface area (TPSA) is 66.9 Å². The normalized spacial score (nSPS) is 10.3. The molecule has 0 aliphatic rings. The third-order valence-corrected chi connectivity index (χ3v) is 4.06. The third-order valence-electron chi connectivity index (χ3n) is 4.06. The number of rotatable bonds is 5. The van der Waals surface area contributed by atoms with E-state index in [4.69, 9.17) is 0 Å². The molecule has 3 aromatic rings. The fourth-order valence-electron chi connectivity index (χ4n) is 2.44. The van der Waals surface area contributed by atoms with Gasteiger partial charge in [-0.3, -0.25) is 4.79 Å². The van der Waals surface area contributed by atoms with Crippen LogP contribution in [-0.4, -0.2) is 15.9 Å². The van der Waals surface area contributed by atoms with Crippen molar-refractivity contribution >= 4 is 17.4 Å². The van der Waals surface area contributed by atoms with Gasteiger partial charge in [-0.05, 0) is 36.6 Å². The monoisotopic (exact) mass is 332 g/mol. The Morgan fingerprint density at radius 2 is 1.80 bits per heavy atom. The Balaban J connectivity index is 1.70. The van der Waals surface area contributed by atoms with Crippen LogP contribution in [0.15, 0.2) is 60.9 Å². The zero-order valence-electron chi connectivity index (χ0n) is 14.3. The third kappa shape index (κ3) is 4.20. The quantitative estimate of drug-likeness (QED) is 0.746. The molecule has 0 aliphatic carbocycles. The van der Waals surface area contributed by atoms with Crippen molar-refractivity contribution in [1.82, 2.24) is 15.3 Å². The number of aryl methyl sites for hydroxylation is 1. The number of nitrogens with one attached hydrogen (secondary N) is 2. The molecule has 0 unspecified atom stereocenters. The van der Waals surface area contributed by atoms with Gasteiger partial charge in [-0.1, -0.05) is 42.5 Å². The first-order chi connectivity index (χ1) is 12.1. The molecular formula is C20H20N4O. The van der Waals surface area contributed by atoms with Crippen molar-refractivity contribution in [3.63, 3.8) is 0 Å². The van der Waals surface area contributed by atoms with Gasteiger partial charge in [0.1, 0.15) is 17.8 Å². The Kier molecular flexibility index (Phi) is 5.04. The van der Waals surface area contributed by atoms with Gasteiger partial charge in [0.05, 0.1) is 0 Å². The Morgan fingerprint density at radius 3 is 2.60 bits per heavy atom. The number of nitrogens with zero attached hydrogens (tertiary/aromatic N) is 2. The summed E-state index contributed by atoms with van der Waals surface area (Å²) in [7, 11) is 0. The molecule has 126 valence electrons. The second-order valence-electron chi connectivity index (χ2n) is 5.83. The van der Waals surface area contributed by atoms with Crippen LogP contribution in [0.4, 0.5) is 11.5 Å². The summed E-state index contributed by atoms with van der Waals surface area (Å²) in [6.07, 6.45) is 1.39. The first kappa shape index (κ1) is 16.6. The molecule has 1 amide bonds. The van der Waals surface area contributed by atoms with Gasteiger partial charge in [-0.25, -0.2) is 9.97 Å². The van der Waals surface area contributed by atoms with E-state index in [0.29, 0.717) is 18.1 Å². The minimum Gasteiger partial charge on any atom is -0.347 e. The molecule has 2 N–H and O–H groups in total. The van der Waals surface area contributed by atoms with Crippen molar-refractivity contribution in [3.05, 3.63) is 83.3 Å². The Labute approximate surface area is 147 Å². The lowest BCUT2D eigenvalue weighted by Gasteiger charge is -2.11. The highest BCUT2D eigenvalue weighted by atomic mass is 16.1. The van der Waals surface area contributed by atoms with Crippen molar-refractivity contribution in [2.75, 3.05) is 5.32 Å². The summed E-state index contributed by atoms with van der Waals surface area (Å²) in [6.45, 7) is 4.57. The van der Waals surface area contributed by atoms with Crippen molar-refractivity contribution in [2.24, 2.45) is 0 Å². The molecule has 2 aromatic carbocycles. The van der Waals surface area contributed by atoms with Crippen molar-refractivity contribution in [3.8, 4) is 0 Å². The smallest absolute Gasteiger partial charge is 0.270 e. The highest BCUT2D eigenvalue weighted by Crippen LogP contribution is 2.21. The largest absolute Gasteiger partial charge is 0.347 e. The predicted molar refractivity (Wildman–Crippen MR) is 98.8 cm³/mol. The summed E-state index contributed by atoms with van der Waals surface area (Å²) < 4.78 is 0. The van der Waals surface area contributed by atoms with E-state index < -0.39 is 0 Å². The molecule has 0 bridgehead atoms. The average molecular weight is 332 g/mol. The highest BCUT2D eigenvalue weighted by Gasteiger charge is 2.09. The van der Waals surface area contributed by atoms with Crippen LogP contribution in [0.25, 0.3) is 0 Å². The Hall–Kier alpha value is -3.21. The van der Waals surface area contributed by atoms with Crippen LogP contribution in [0.2, 0.25) is 0 Å². The molecule has 0 spiro atoms. The van der Waals surface area contributed by atoms with Crippen LogP contribution in [-0.2, 0) is 6.54 Å². The van der Waals surface area contributed by atoms with Crippen molar-refractivity contribution in [2.45, 2.75) is 20.4 Å². The van der Waals surface area contributed by atoms with Crippen LogP contribution in [0, 0.1) is 13.8 Å². The molecule has 0 saturated carbocycles. The highest BCUT2D eigenvalue weighted by molar-refractivity contribution is 5.92. The predicted octanol–water partition coefficient (Wildman–Crippen LogP) is 3.77. The first-order valence-electron chi connectivity index (χ1n) is 8.11. The molecule has 0 saturated heterocycles. The maximum Gasteiger partial charge on any atom is 0.270 e. The lowest BCUT2D eigenvalue weighted by molar-refractivity contribution is 0.0946. The number of aromatic nitrogens is 2. The van der Waals surface area contributed by atoms with Gasteiger partial charge in [0.15, 0.2) is 0 Å². The molecule has 0 fully saturated rings. The molecule has 5 heteroatoms. The van der Waals surface area contributed by atoms with Crippen LogP contribution in [0.3, 0.4) is 0 Å². The van der Waals surface area contributed by atoms with Crippen LogP contribution >= 0.6 is 0 Å². The summed E-state index contributed by atoms with van der Waals surface area (Å²) in [5, 5.41) is 6.12. The number of benzene rings is 2. The molecular weight excluding hydrogens is 312 g/mol. The standard InChI is InChI=1S/C20H20N4O/c1-14-7-6-10-17(15(14)2)24-19-11-18(22-13-23-19)20(25)21-12-16-8-4-3-5-9-16/h3-11,13H,12H2,1-2H3,(H,21,25)(H,22,23,24). The summed E-state index contributed by atoms with van der Waals surface area (Å²) >= 11 is 0. The van der Waals surface area contributed by atoms with Crippen LogP contribution in [0.1, 0.15) is 27.2 Å². The van der Waals surface area contributed by atoms with E-state index in [9.17, 15) is 4.79 Å². The Bertz CT molecular complexity index is 878. The van der Waals surface area contributed by atoms with Gasteiger partial charge < -0.3 is 10.6 Å². The maximum atomic E-state index is 12.3. The van der Waals surface area contributed by atoms with Gasteiger partial charge in [0, 0.05) is 18.3 Å². The summed E-state index contributed by atoms with van der Waals surface area (Å²) in [5.74, 6) is 0.365. The molecule has 3 rings (SSSR count). The number of hydrogen-bond donors (Lipinski definition) is 2. The molecule has 1 aromatic heterocycles. The number of carbonyl (C=O) groups excluding carboxylic acids is 1. The van der Waals surface area contributed by atoms with Gasteiger partial charge in [0.25, 0.3) is 5.91 Å². The summed E-state index contributed by atoms with van der Waals surface area (Å²) in [4.78, 5) is 20.6. The lowest BCUT2D eigenvalue weighted by atomic mass is 10.1. The summed E-state index contributed by atoms with van der Waals surface area (Å²) in [6, 6.07) is 17.4. The number of amides is 1. The zero-order chi connectivity index (χ0) is 17.6. The lowest BCUT2D eigenvalue weighted by Crippen LogP contribution is -2.24. The van der Waals surface area contributed by atoms with E-state index in [2.05, 4.69) is 33.6 Å². The second kappa shape index (κ2) is 7.57. The van der Waals surface area contributed by atoms with Crippen molar-refractivity contribution in [1.29, 1.82) is 0 Å². The van der Waals surface area contributed by atoms with Crippen molar-refractivity contribution < 1.29 is 4.79 Å². The molecule has 1 heterocycles. The molecule has 0 radical (unpaired) electrons. The fourth-order valence-corrected chi connectivity index (χ4v) is 2.44. The number of anilines is 2. The van der Waals surface area contributed by atoms with E-state index >= 15 is 0 Å². The second-order valence-corrected chi connectivity index (χ2v) is 5.83. The van der Waals surface area contributed by atoms with E-state index in [-0.39, 0.29) is 5.91 Å². The molecule has 0 aliphatic heterocycles. The van der Waals surface area contributed by atoms with Crippen LogP contribution < -0.4 is 10.6 Å². The summed E-state index contributed by atoms with van der Waals surface area (Å²) in [5.41, 5.74) is 4.68. The van der Waals surface area contributed by atoms with Gasteiger partial charge in [0.2, 0.25) is 0 Å². The molecule has 5 nitrogen and oxygen atoms in total. The molecule has 25 heavy (non-hydrogen) atoms. The maximum absolute atomic E-state index is 12.3. The van der Waals surface area contributed by atoms with E-state index in [0.717, 1.165) is 16.8 Å². The van der Waals surface area contributed by atoms with E-state index in [1.54, 1.807) is 6.07 Å². The van der Waals surface area contributed by atoms with Gasteiger partial charge >= 0.3 is 0 Å². The Morgan fingerprint density at radius 1 is 1.00 bits per heavy atom. The van der Waals surface area contributed by atoms with E-state index in [1.807, 2.05) is 49.4 Å². The average Bonchev–Trinajstić information content (AvgIpc) is 2.64. The van der Waals surface area contributed by atoms with Gasteiger partial charge in [-0.15, -0.1) is 0 Å². The zero-order valence-corrected chi connectivity index (χ0v) is 14.3. The number of carbonyl (C=O) groups is 1. The SMILES string of the molecule is Cc1cccc(Nc2cc(C(=O)NCc3ccccc3)ncn2)c1C. The first-order valence-corrected chi connectivity index (χ1v) is 8.11. The van der Waals surface area contributed by atoms with Crippen LogP contribution in [0.5, 0.6) is 0 Å². The minimum absolute atomic E-state index is 0.227. The van der Waals surface area contributed by atoms with Gasteiger partial charge in [-0.2, -0.15) is 0 Å².